The molecular weight excluding hydrogens is 331 g/mol. The van der Waals surface area contributed by atoms with Gasteiger partial charge in [-0.15, -0.1) is 0 Å². The molecule has 1 saturated heterocycles. The van der Waals surface area contributed by atoms with Gasteiger partial charge in [0.15, 0.2) is 0 Å². The van der Waals surface area contributed by atoms with Crippen LogP contribution in [0, 0.1) is 11.3 Å². The molecule has 5 heteroatoms. The fourth-order valence-corrected chi connectivity index (χ4v) is 2.70. The number of halogens is 2. The van der Waals surface area contributed by atoms with Crippen LogP contribution < -0.4 is 4.90 Å². The van der Waals surface area contributed by atoms with E-state index in [1.165, 1.54) is 12.8 Å². The van der Waals surface area contributed by atoms with Gasteiger partial charge in [-0.2, -0.15) is 5.26 Å². The van der Waals surface area contributed by atoms with Gasteiger partial charge in [0.05, 0.1) is 17.2 Å². The van der Waals surface area contributed by atoms with Crippen LogP contribution in [-0.4, -0.2) is 18.2 Å². The molecule has 0 saturated carbocycles. The van der Waals surface area contributed by atoms with Crippen molar-refractivity contribution in [3.8, 4) is 6.07 Å². The Bertz CT molecular complexity index is 674. The van der Waals surface area contributed by atoms with Crippen molar-refractivity contribution in [3.05, 3.63) is 63.6 Å². The van der Waals surface area contributed by atoms with E-state index < -0.39 is 0 Å². The molecule has 0 amide bonds. The zero-order valence-corrected chi connectivity index (χ0v) is 14.2. The molecule has 23 heavy (non-hydrogen) atoms. The lowest BCUT2D eigenvalue weighted by molar-refractivity contribution is 0.282. The van der Waals surface area contributed by atoms with Gasteiger partial charge in [0.1, 0.15) is 6.07 Å². The minimum absolute atomic E-state index is 0.0805. The summed E-state index contributed by atoms with van der Waals surface area (Å²) < 4.78 is 0. The number of aliphatic hydroxyl groups is 1. The molecule has 1 N–H and O–H groups in total. The lowest BCUT2D eigenvalue weighted by atomic mass is 10.2. The van der Waals surface area contributed by atoms with Crippen molar-refractivity contribution in [3.63, 3.8) is 0 Å². The van der Waals surface area contributed by atoms with Gasteiger partial charge >= 0.3 is 0 Å². The number of hydrogen-bond donors (Lipinski definition) is 1. The van der Waals surface area contributed by atoms with Crippen LogP contribution in [0.2, 0.25) is 10.0 Å². The van der Waals surface area contributed by atoms with E-state index in [0.717, 1.165) is 24.3 Å². The summed E-state index contributed by atoms with van der Waals surface area (Å²) in [6.45, 7) is 2.28. The number of anilines is 1. The third-order valence-electron chi connectivity index (χ3n) is 3.64. The Morgan fingerprint density at radius 1 is 1.04 bits per heavy atom. The zero-order valence-electron chi connectivity index (χ0n) is 12.7. The fourth-order valence-electron chi connectivity index (χ4n) is 2.36. The van der Waals surface area contributed by atoms with Crippen molar-refractivity contribution in [1.29, 1.82) is 5.26 Å². The summed E-state index contributed by atoms with van der Waals surface area (Å²) in [6, 6.07) is 14.8. The Hall–Kier alpha value is -1.73. The number of benzene rings is 2. The summed E-state index contributed by atoms with van der Waals surface area (Å²) in [4.78, 5) is 2.30. The van der Waals surface area contributed by atoms with Crippen LogP contribution in [0.15, 0.2) is 42.5 Å². The second kappa shape index (κ2) is 8.79. The summed E-state index contributed by atoms with van der Waals surface area (Å²) in [6.07, 6.45) is 2.50. The monoisotopic (exact) mass is 348 g/mol. The first kappa shape index (κ1) is 17.6. The maximum Gasteiger partial charge on any atom is 0.101 e. The molecular formula is C18H18Cl2N2O. The van der Waals surface area contributed by atoms with E-state index in [2.05, 4.69) is 11.0 Å². The van der Waals surface area contributed by atoms with Crippen LogP contribution >= 0.6 is 23.2 Å². The number of nitriles is 1. The predicted octanol–water partition coefficient (Wildman–Crippen LogP) is 4.64. The third kappa shape index (κ3) is 5.14. The second-order valence-electron chi connectivity index (χ2n) is 5.25. The predicted molar refractivity (Wildman–Crippen MR) is 95.0 cm³/mol. The van der Waals surface area contributed by atoms with Crippen LogP contribution in [-0.2, 0) is 6.61 Å². The highest BCUT2D eigenvalue weighted by molar-refractivity contribution is 6.32. The molecule has 0 spiro atoms. The number of nitrogens with zero attached hydrogens (tertiary/aromatic N) is 2. The van der Waals surface area contributed by atoms with Crippen molar-refractivity contribution in [2.75, 3.05) is 18.0 Å². The molecule has 2 aromatic carbocycles. The molecule has 1 aliphatic rings. The smallest absolute Gasteiger partial charge is 0.101 e. The first-order chi connectivity index (χ1) is 11.1. The van der Waals surface area contributed by atoms with Gasteiger partial charge in [-0.05, 0) is 48.7 Å². The number of hydrogen-bond acceptors (Lipinski definition) is 3. The normalized spacial score (nSPS) is 13.2. The lowest BCUT2D eigenvalue weighted by Gasteiger charge is -2.17. The highest BCUT2D eigenvalue weighted by Crippen LogP contribution is 2.25. The van der Waals surface area contributed by atoms with E-state index >= 15 is 0 Å². The minimum Gasteiger partial charge on any atom is -0.392 e. The van der Waals surface area contributed by atoms with Crippen LogP contribution in [0.1, 0.15) is 24.0 Å². The average molecular weight is 349 g/mol. The Balaban J connectivity index is 0.000000185. The molecule has 2 aromatic rings. The summed E-state index contributed by atoms with van der Waals surface area (Å²) in [5, 5.41) is 18.6. The first-order valence-corrected chi connectivity index (χ1v) is 8.19. The van der Waals surface area contributed by atoms with Gasteiger partial charge in [0.2, 0.25) is 0 Å². The molecule has 0 unspecified atom stereocenters. The van der Waals surface area contributed by atoms with E-state index in [4.69, 9.17) is 33.6 Å². The maximum atomic E-state index is 8.73. The second-order valence-corrected chi connectivity index (χ2v) is 6.10. The first-order valence-electron chi connectivity index (χ1n) is 7.44. The van der Waals surface area contributed by atoms with Crippen molar-refractivity contribution in [2.24, 2.45) is 0 Å². The van der Waals surface area contributed by atoms with E-state index in [9.17, 15) is 0 Å². The van der Waals surface area contributed by atoms with Gasteiger partial charge in [-0.25, -0.2) is 0 Å². The highest BCUT2D eigenvalue weighted by atomic mass is 35.5. The molecule has 1 aliphatic heterocycles. The van der Waals surface area contributed by atoms with Gasteiger partial charge in [-0.3, -0.25) is 0 Å². The fraction of sp³-hybridized carbons (Fsp3) is 0.278. The van der Waals surface area contributed by atoms with E-state index in [1.807, 2.05) is 12.1 Å². The minimum atomic E-state index is 0.0805. The van der Waals surface area contributed by atoms with Crippen molar-refractivity contribution in [2.45, 2.75) is 19.4 Å². The number of aliphatic hydroxyl groups excluding tert-OH is 1. The molecule has 1 heterocycles. The van der Waals surface area contributed by atoms with E-state index in [-0.39, 0.29) is 6.61 Å². The zero-order chi connectivity index (χ0) is 16.7. The largest absolute Gasteiger partial charge is 0.392 e. The van der Waals surface area contributed by atoms with Crippen LogP contribution in [0.4, 0.5) is 5.69 Å². The average Bonchev–Trinajstić information content (AvgIpc) is 3.11. The van der Waals surface area contributed by atoms with Crippen LogP contribution in [0.3, 0.4) is 0 Å². The van der Waals surface area contributed by atoms with Crippen LogP contribution in [0.25, 0.3) is 0 Å². The van der Waals surface area contributed by atoms with E-state index in [1.54, 1.807) is 30.3 Å². The number of rotatable bonds is 2. The molecule has 0 aliphatic carbocycles. The molecule has 3 nitrogen and oxygen atoms in total. The molecule has 0 radical (unpaired) electrons. The molecule has 0 aromatic heterocycles. The van der Waals surface area contributed by atoms with Gasteiger partial charge in [0.25, 0.3) is 0 Å². The maximum absolute atomic E-state index is 8.73. The summed E-state index contributed by atoms with van der Waals surface area (Å²) >= 11 is 11.5. The topological polar surface area (TPSA) is 47.3 Å². The van der Waals surface area contributed by atoms with Crippen molar-refractivity contribution >= 4 is 28.9 Å². The molecule has 120 valence electrons. The SMILES string of the molecule is N#Cc1ccc(N2CCCC2)cc1Cl.OCc1ccc(Cl)cc1. The molecule has 0 bridgehead atoms. The van der Waals surface area contributed by atoms with Crippen molar-refractivity contribution < 1.29 is 5.11 Å². The van der Waals surface area contributed by atoms with Crippen molar-refractivity contribution in [1.82, 2.24) is 0 Å². The standard InChI is InChI=1S/C11H11ClN2.C7H7ClO/c12-11-7-10(4-3-9(11)8-13)14-5-1-2-6-14;8-7-3-1-6(5-9)2-4-7/h3-4,7H,1-2,5-6H2;1-4,9H,5H2. The Labute approximate surface area is 146 Å². The molecule has 1 fully saturated rings. The third-order valence-corrected chi connectivity index (χ3v) is 4.20. The quantitative estimate of drug-likeness (QED) is 0.859. The lowest BCUT2D eigenvalue weighted by Crippen LogP contribution is -2.17. The van der Waals surface area contributed by atoms with Gasteiger partial charge in [0, 0.05) is 23.8 Å². The van der Waals surface area contributed by atoms with E-state index in [0.29, 0.717) is 15.6 Å². The Morgan fingerprint density at radius 2 is 1.70 bits per heavy atom. The summed E-state index contributed by atoms with van der Waals surface area (Å²) in [7, 11) is 0. The molecule has 3 rings (SSSR count). The van der Waals surface area contributed by atoms with Gasteiger partial charge in [-0.1, -0.05) is 35.3 Å². The Morgan fingerprint density at radius 3 is 2.22 bits per heavy atom. The highest BCUT2D eigenvalue weighted by Gasteiger charge is 2.13. The summed E-state index contributed by atoms with van der Waals surface area (Å²) in [5.74, 6) is 0. The van der Waals surface area contributed by atoms with Crippen LogP contribution in [0.5, 0.6) is 0 Å². The molecule has 0 atom stereocenters. The Kier molecular flexibility index (Phi) is 6.73. The summed E-state index contributed by atoms with van der Waals surface area (Å²) in [5.41, 5.74) is 2.57. The van der Waals surface area contributed by atoms with Gasteiger partial charge < -0.3 is 10.0 Å².